The lowest BCUT2D eigenvalue weighted by atomic mass is 9.96. The van der Waals surface area contributed by atoms with Crippen molar-refractivity contribution in [2.24, 2.45) is 0 Å². The van der Waals surface area contributed by atoms with Gasteiger partial charge in [-0.05, 0) is 55.7 Å². The summed E-state index contributed by atoms with van der Waals surface area (Å²) < 4.78 is 5.59. The van der Waals surface area contributed by atoms with Crippen LogP contribution in [0.2, 0.25) is 0 Å². The molecule has 0 atom stereocenters. The van der Waals surface area contributed by atoms with Gasteiger partial charge in [0.1, 0.15) is 5.75 Å². The second-order valence-corrected chi connectivity index (χ2v) is 6.40. The fraction of sp³-hybridized carbons (Fsp3) is 0.556. The minimum absolute atomic E-state index is 0.182. The van der Waals surface area contributed by atoms with Crippen LogP contribution in [0.1, 0.15) is 62.2 Å². The predicted molar refractivity (Wildman–Crippen MR) is 96.9 cm³/mol. The van der Waals surface area contributed by atoms with Crippen LogP contribution in [0, 0.1) is 0 Å². The molecule has 0 radical (unpaired) electrons. The molecule has 0 saturated heterocycles. The Morgan fingerprint density at radius 1 is 1.22 bits per heavy atom. The molecule has 1 aliphatic carbocycles. The number of amides is 1. The highest BCUT2D eigenvalue weighted by molar-refractivity contribution is 7.80. The number of hydrogen-bond donors (Lipinski definition) is 2. The summed E-state index contributed by atoms with van der Waals surface area (Å²) >= 11 is 5.24. The summed E-state index contributed by atoms with van der Waals surface area (Å²) in [6, 6.07) is 7.57. The Hall–Kier alpha value is -1.62. The van der Waals surface area contributed by atoms with Crippen LogP contribution in [0.25, 0.3) is 0 Å². The predicted octanol–water partition coefficient (Wildman–Crippen LogP) is 3.80. The first-order valence-corrected chi connectivity index (χ1v) is 8.94. The molecule has 0 aliphatic heterocycles. The van der Waals surface area contributed by atoms with Crippen LogP contribution >= 0.6 is 12.2 Å². The molecule has 2 rings (SSSR count). The molecular formula is C18H26N2O2S. The highest BCUT2D eigenvalue weighted by atomic mass is 32.1. The van der Waals surface area contributed by atoms with E-state index in [0.29, 0.717) is 23.3 Å². The van der Waals surface area contributed by atoms with Gasteiger partial charge in [0.25, 0.3) is 5.91 Å². The van der Waals surface area contributed by atoms with E-state index in [-0.39, 0.29) is 5.91 Å². The van der Waals surface area contributed by atoms with Crippen molar-refractivity contribution in [3.63, 3.8) is 0 Å². The molecule has 2 N–H and O–H groups in total. The summed E-state index contributed by atoms with van der Waals surface area (Å²) in [5.41, 5.74) is 0.584. The normalized spacial score (nSPS) is 15.0. The average Bonchev–Trinajstić information content (AvgIpc) is 2.56. The Morgan fingerprint density at radius 2 is 1.91 bits per heavy atom. The monoisotopic (exact) mass is 334 g/mol. The number of thiocarbonyl (C=S) groups is 1. The largest absolute Gasteiger partial charge is 0.494 e. The summed E-state index contributed by atoms with van der Waals surface area (Å²) in [6.45, 7) is 2.83. The minimum atomic E-state index is -0.182. The van der Waals surface area contributed by atoms with Crippen molar-refractivity contribution in [3.8, 4) is 5.75 Å². The second kappa shape index (κ2) is 9.50. The summed E-state index contributed by atoms with van der Waals surface area (Å²) in [4.78, 5) is 12.2. The van der Waals surface area contributed by atoms with Gasteiger partial charge >= 0.3 is 0 Å². The van der Waals surface area contributed by atoms with Gasteiger partial charge in [-0.3, -0.25) is 10.1 Å². The van der Waals surface area contributed by atoms with E-state index < -0.39 is 0 Å². The van der Waals surface area contributed by atoms with Crippen molar-refractivity contribution >= 4 is 23.2 Å². The third kappa shape index (κ3) is 6.18. The summed E-state index contributed by atoms with van der Waals surface area (Å²) in [5, 5.41) is 6.42. The molecule has 23 heavy (non-hydrogen) atoms. The summed E-state index contributed by atoms with van der Waals surface area (Å²) in [6.07, 6.45) is 8.14. The standard InChI is InChI=1S/C18H26N2O2S/c1-2-3-13-22-16-11-9-14(10-12-16)17(21)20-18(23)19-15-7-5-4-6-8-15/h9-12,15H,2-8,13H2,1H3,(H2,19,20,21,23). The highest BCUT2D eigenvalue weighted by Gasteiger charge is 2.15. The highest BCUT2D eigenvalue weighted by Crippen LogP contribution is 2.17. The van der Waals surface area contributed by atoms with E-state index in [1.807, 2.05) is 12.1 Å². The van der Waals surface area contributed by atoms with Crippen LogP contribution < -0.4 is 15.4 Å². The number of nitrogens with one attached hydrogen (secondary N) is 2. The lowest BCUT2D eigenvalue weighted by Crippen LogP contribution is -2.44. The minimum Gasteiger partial charge on any atom is -0.494 e. The van der Waals surface area contributed by atoms with Crippen LogP contribution in [0.15, 0.2) is 24.3 Å². The maximum absolute atomic E-state index is 12.2. The van der Waals surface area contributed by atoms with Crippen molar-refractivity contribution in [1.82, 2.24) is 10.6 Å². The lowest BCUT2D eigenvalue weighted by molar-refractivity contribution is 0.0976. The molecule has 0 spiro atoms. The van der Waals surface area contributed by atoms with Gasteiger partial charge in [-0.25, -0.2) is 0 Å². The van der Waals surface area contributed by atoms with Crippen LogP contribution in [0.3, 0.4) is 0 Å². The van der Waals surface area contributed by atoms with Crippen molar-refractivity contribution < 1.29 is 9.53 Å². The molecule has 1 aromatic rings. The first-order chi connectivity index (χ1) is 11.2. The molecule has 0 heterocycles. The fourth-order valence-electron chi connectivity index (χ4n) is 2.68. The molecule has 1 aliphatic rings. The number of unbranched alkanes of at least 4 members (excludes halogenated alkanes) is 1. The van der Waals surface area contributed by atoms with Crippen molar-refractivity contribution in [3.05, 3.63) is 29.8 Å². The number of carbonyl (C=O) groups excluding carboxylic acids is 1. The smallest absolute Gasteiger partial charge is 0.257 e. The number of carbonyl (C=O) groups is 1. The molecule has 1 saturated carbocycles. The van der Waals surface area contributed by atoms with Gasteiger partial charge in [0.05, 0.1) is 6.61 Å². The lowest BCUT2D eigenvalue weighted by Gasteiger charge is -2.24. The topological polar surface area (TPSA) is 50.4 Å². The molecule has 5 heteroatoms. The van der Waals surface area contributed by atoms with Gasteiger partial charge in [0, 0.05) is 11.6 Å². The van der Waals surface area contributed by atoms with E-state index in [4.69, 9.17) is 17.0 Å². The maximum Gasteiger partial charge on any atom is 0.257 e. The average molecular weight is 334 g/mol. The van der Waals surface area contributed by atoms with Crippen molar-refractivity contribution in [2.75, 3.05) is 6.61 Å². The van der Waals surface area contributed by atoms with Crippen LogP contribution in [0.4, 0.5) is 0 Å². The molecule has 1 fully saturated rings. The van der Waals surface area contributed by atoms with Crippen molar-refractivity contribution in [2.45, 2.75) is 57.9 Å². The molecule has 1 amide bonds. The third-order valence-corrected chi connectivity index (χ3v) is 4.27. The second-order valence-electron chi connectivity index (χ2n) is 5.99. The zero-order chi connectivity index (χ0) is 16.5. The number of hydrogen-bond acceptors (Lipinski definition) is 3. The van der Waals surface area contributed by atoms with Crippen LogP contribution in [-0.2, 0) is 0 Å². The Labute approximate surface area is 144 Å². The van der Waals surface area contributed by atoms with Gasteiger partial charge in [0.15, 0.2) is 5.11 Å². The SMILES string of the molecule is CCCCOc1ccc(C(=O)NC(=S)NC2CCCCC2)cc1. The zero-order valence-corrected chi connectivity index (χ0v) is 14.6. The molecule has 1 aromatic carbocycles. The first kappa shape index (κ1) is 17.7. The summed E-state index contributed by atoms with van der Waals surface area (Å²) in [7, 11) is 0. The van der Waals surface area contributed by atoms with Gasteiger partial charge in [-0.2, -0.15) is 0 Å². The Bertz CT molecular complexity index is 510. The Morgan fingerprint density at radius 3 is 2.57 bits per heavy atom. The molecule has 0 bridgehead atoms. The van der Waals surface area contributed by atoms with Gasteiger partial charge in [0.2, 0.25) is 0 Å². The van der Waals surface area contributed by atoms with Crippen LogP contribution in [-0.4, -0.2) is 23.7 Å². The van der Waals surface area contributed by atoms with E-state index in [2.05, 4.69) is 17.6 Å². The zero-order valence-electron chi connectivity index (χ0n) is 13.8. The number of ether oxygens (including phenoxy) is 1. The first-order valence-electron chi connectivity index (χ1n) is 8.53. The molecule has 0 aromatic heterocycles. The number of benzene rings is 1. The maximum atomic E-state index is 12.2. The van der Waals surface area contributed by atoms with Crippen molar-refractivity contribution in [1.29, 1.82) is 0 Å². The summed E-state index contributed by atoms with van der Waals surface area (Å²) in [5.74, 6) is 0.608. The van der Waals surface area contributed by atoms with Gasteiger partial charge in [-0.15, -0.1) is 0 Å². The van der Waals surface area contributed by atoms with Crippen LogP contribution in [0.5, 0.6) is 5.75 Å². The molecule has 126 valence electrons. The molecule has 0 unspecified atom stereocenters. The third-order valence-electron chi connectivity index (χ3n) is 4.05. The Kier molecular flexibility index (Phi) is 7.33. The van der Waals surface area contributed by atoms with E-state index in [1.165, 1.54) is 19.3 Å². The molecule has 4 nitrogen and oxygen atoms in total. The van der Waals surface area contributed by atoms with Gasteiger partial charge < -0.3 is 10.1 Å². The van der Waals surface area contributed by atoms with E-state index in [0.717, 1.165) is 31.4 Å². The molecular weight excluding hydrogens is 308 g/mol. The van der Waals surface area contributed by atoms with E-state index in [1.54, 1.807) is 12.1 Å². The van der Waals surface area contributed by atoms with Gasteiger partial charge in [-0.1, -0.05) is 32.6 Å². The number of rotatable bonds is 6. The Balaban J connectivity index is 1.78. The fourth-order valence-corrected chi connectivity index (χ4v) is 2.94. The van der Waals surface area contributed by atoms with E-state index in [9.17, 15) is 4.79 Å². The quantitative estimate of drug-likeness (QED) is 0.614. The van der Waals surface area contributed by atoms with E-state index >= 15 is 0 Å².